The van der Waals surface area contributed by atoms with Crippen LogP contribution in [0.1, 0.15) is 40.0 Å². The first kappa shape index (κ1) is 17.0. The van der Waals surface area contributed by atoms with Crippen LogP contribution in [0.4, 0.5) is 4.79 Å². The van der Waals surface area contributed by atoms with E-state index in [2.05, 4.69) is 40.8 Å². The largest absolute Gasteiger partial charge is 0.337 e. The molecule has 2 amide bonds. The molecule has 0 radical (unpaired) electrons. The van der Waals surface area contributed by atoms with Gasteiger partial charge in [0.1, 0.15) is 0 Å². The van der Waals surface area contributed by atoms with Gasteiger partial charge in [-0.2, -0.15) is 0 Å². The van der Waals surface area contributed by atoms with Crippen molar-refractivity contribution in [1.82, 2.24) is 20.0 Å². The smallest absolute Gasteiger partial charge is 0.317 e. The Bertz CT molecular complexity index is 414. The van der Waals surface area contributed by atoms with Crippen molar-refractivity contribution in [3.8, 4) is 0 Å². The van der Waals surface area contributed by atoms with Crippen LogP contribution in [0.2, 0.25) is 0 Å². The molecule has 3 heterocycles. The van der Waals surface area contributed by atoms with Crippen molar-refractivity contribution in [3.05, 3.63) is 0 Å². The van der Waals surface area contributed by atoms with E-state index in [4.69, 9.17) is 0 Å². The van der Waals surface area contributed by atoms with Gasteiger partial charge in [-0.15, -0.1) is 0 Å². The Morgan fingerprint density at radius 2 is 2.09 bits per heavy atom. The molecule has 0 aromatic rings. The number of carbonyl (C=O) groups is 1. The van der Waals surface area contributed by atoms with Crippen molar-refractivity contribution >= 4 is 6.03 Å². The highest BCUT2D eigenvalue weighted by molar-refractivity contribution is 5.74. The van der Waals surface area contributed by atoms with Gasteiger partial charge in [-0.05, 0) is 51.6 Å². The quantitative estimate of drug-likeness (QED) is 0.839. The molecule has 132 valence electrons. The summed E-state index contributed by atoms with van der Waals surface area (Å²) in [5.74, 6) is 1.44. The van der Waals surface area contributed by atoms with Crippen molar-refractivity contribution in [1.29, 1.82) is 0 Å². The number of rotatable bonds is 5. The Kier molecular flexibility index (Phi) is 5.47. The summed E-state index contributed by atoms with van der Waals surface area (Å²) in [5.41, 5.74) is 0. The van der Waals surface area contributed by atoms with Crippen LogP contribution in [0.3, 0.4) is 0 Å². The normalized spacial score (nSPS) is 30.8. The molecule has 0 spiro atoms. The van der Waals surface area contributed by atoms with Gasteiger partial charge >= 0.3 is 6.03 Å². The van der Waals surface area contributed by atoms with E-state index in [1.165, 1.54) is 32.4 Å². The van der Waals surface area contributed by atoms with E-state index in [-0.39, 0.29) is 6.03 Å². The molecule has 1 N–H and O–H groups in total. The SMILES string of the molecule is CCN(CCNC(=O)N1CC2CN3CCCCC3C2C1)C(C)C. The van der Waals surface area contributed by atoms with Crippen LogP contribution in [0.25, 0.3) is 0 Å². The predicted molar refractivity (Wildman–Crippen MR) is 93.5 cm³/mol. The van der Waals surface area contributed by atoms with Crippen LogP contribution in [0.15, 0.2) is 0 Å². The van der Waals surface area contributed by atoms with E-state index >= 15 is 0 Å². The van der Waals surface area contributed by atoms with Gasteiger partial charge in [-0.25, -0.2) is 4.79 Å². The van der Waals surface area contributed by atoms with Gasteiger partial charge in [0.15, 0.2) is 0 Å². The third-order valence-electron chi connectivity index (χ3n) is 6.22. The lowest BCUT2D eigenvalue weighted by Gasteiger charge is -2.33. The standard InChI is InChI=1S/C18H34N4O/c1-4-20(14(2)3)10-8-19-18(23)22-12-15-11-21-9-6-5-7-17(21)16(15)13-22/h14-17H,4-13H2,1-3H3,(H,19,23). The van der Waals surface area contributed by atoms with Crippen LogP contribution in [-0.2, 0) is 0 Å². The number of likely N-dealkylation sites (tertiary alicyclic amines) is 1. The molecule has 3 atom stereocenters. The maximum atomic E-state index is 12.5. The van der Waals surface area contributed by atoms with E-state index in [9.17, 15) is 4.79 Å². The van der Waals surface area contributed by atoms with Gasteiger partial charge in [0.25, 0.3) is 0 Å². The number of hydrogen-bond acceptors (Lipinski definition) is 3. The molecule has 0 aromatic carbocycles. The number of amides is 2. The summed E-state index contributed by atoms with van der Waals surface area (Å²) >= 11 is 0. The minimum absolute atomic E-state index is 0.154. The van der Waals surface area contributed by atoms with Crippen molar-refractivity contribution in [2.45, 2.75) is 52.1 Å². The Labute approximate surface area is 141 Å². The maximum Gasteiger partial charge on any atom is 0.317 e. The van der Waals surface area contributed by atoms with Gasteiger partial charge in [-0.3, -0.25) is 9.80 Å². The number of piperidine rings is 1. The first-order chi connectivity index (χ1) is 11.1. The zero-order chi connectivity index (χ0) is 16.4. The maximum absolute atomic E-state index is 12.5. The fourth-order valence-electron chi connectivity index (χ4n) is 4.92. The highest BCUT2D eigenvalue weighted by Crippen LogP contribution is 2.40. The first-order valence-corrected chi connectivity index (χ1v) is 9.61. The lowest BCUT2D eigenvalue weighted by Crippen LogP contribution is -2.45. The van der Waals surface area contributed by atoms with Crippen LogP contribution in [-0.4, -0.2) is 78.6 Å². The van der Waals surface area contributed by atoms with Crippen LogP contribution in [0, 0.1) is 11.8 Å². The third-order valence-corrected chi connectivity index (χ3v) is 6.22. The second-order valence-electron chi connectivity index (χ2n) is 7.84. The van der Waals surface area contributed by atoms with E-state index in [0.29, 0.717) is 12.0 Å². The highest BCUT2D eigenvalue weighted by Gasteiger charge is 2.48. The number of urea groups is 1. The lowest BCUT2D eigenvalue weighted by molar-refractivity contribution is 0.153. The molecule has 0 bridgehead atoms. The summed E-state index contributed by atoms with van der Waals surface area (Å²) in [6, 6.07) is 1.45. The zero-order valence-electron chi connectivity index (χ0n) is 15.1. The van der Waals surface area contributed by atoms with Crippen molar-refractivity contribution in [3.63, 3.8) is 0 Å². The Morgan fingerprint density at radius 1 is 1.26 bits per heavy atom. The molecule has 3 rings (SSSR count). The molecule has 5 heteroatoms. The number of nitrogens with one attached hydrogen (secondary N) is 1. The summed E-state index contributed by atoms with van der Waals surface area (Å²) in [4.78, 5) is 19.6. The number of likely N-dealkylation sites (N-methyl/N-ethyl adjacent to an activating group) is 1. The third kappa shape index (κ3) is 3.66. The van der Waals surface area contributed by atoms with E-state index < -0.39 is 0 Å². The molecule has 3 aliphatic rings. The molecular formula is C18H34N4O. The molecule has 3 aliphatic heterocycles. The minimum Gasteiger partial charge on any atom is -0.337 e. The molecule has 0 aliphatic carbocycles. The molecular weight excluding hydrogens is 288 g/mol. The molecule has 23 heavy (non-hydrogen) atoms. The number of fused-ring (bicyclic) bond motifs is 3. The van der Waals surface area contributed by atoms with Crippen LogP contribution >= 0.6 is 0 Å². The Morgan fingerprint density at radius 3 is 2.83 bits per heavy atom. The van der Waals surface area contributed by atoms with Gasteiger partial charge in [-0.1, -0.05) is 13.3 Å². The fraction of sp³-hybridized carbons (Fsp3) is 0.944. The molecule has 3 fully saturated rings. The topological polar surface area (TPSA) is 38.8 Å². The monoisotopic (exact) mass is 322 g/mol. The number of carbonyl (C=O) groups excluding carboxylic acids is 1. The molecule has 0 aromatic heterocycles. The van der Waals surface area contributed by atoms with Gasteiger partial charge < -0.3 is 10.2 Å². The molecule has 3 saturated heterocycles. The molecule has 3 unspecified atom stereocenters. The second kappa shape index (κ2) is 7.39. The van der Waals surface area contributed by atoms with Crippen molar-refractivity contribution in [2.75, 3.05) is 45.8 Å². The summed E-state index contributed by atoms with van der Waals surface area (Å²) in [6.45, 7) is 13.8. The number of hydrogen-bond donors (Lipinski definition) is 1. The van der Waals surface area contributed by atoms with Crippen LogP contribution in [0.5, 0.6) is 0 Å². The average Bonchev–Trinajstić information content (AvgIpc) is 3.08. The van der Waals surface area contributed by atoms with Gasteiger partial charge in [0.2, 0.25) is 0 Å². The fourth-order valence-corrected chi connectivity index (χ4v) is 4.92. The summed E-state index contributed by atoms with van der Waals surface area (Å²) in [7, 11) is 0. The first-order valence-electron chi connectivity index (χ1n) is 9.61. The highest BCUT2D eigenvalue weighted by atomic mass is 16.2. The predicted octanol–water partition coefficient (Wildman–Crippen LogP) is 1.84. The van der Waals surface area contributed by atoms with E-state index in [1.54, 1.807) is 0 Å². The Balaban J connectivity index is 1.44. The van der Waals surface area contributed by atoms with E-state index in [0.717, 1.165) is 44.7 Å². The summed E-state index contributed by atoms with van der Waals surface area (Å²) < 4.78 is 0. The molecule has 5 nitrogen and oxygen atoms in total. The minimum atomic E-state index is 0.154. The van der Waals surface area contributed by atoms with Gasteiger partial charge in [0.05, 0.1) is 0 Å². The second-order valence-corrected chi connectivity index (χ2v) is 7.84. The van der Waals surface area contributed by atoms with Gasteiger partial charge in [0, 0.05) is 44.8 Å². The lowest BCUT2D eigenvalue weighted by atomic mass is 9.90. The van der Waals surface area contributed by atoms with Crippen molar-refractivity contribution < 1.29 is 4.79 Å². The average molecular weight is 322 g/mol. The zero-order valence-corrected chi connectivity index (χ0v) is 15.1. The summed E-state index contributed by atoms with van der Waals surface area (Å²) in [6.07, 6.45) is 4.08. The summed E-state index contributed by atoms with van der Waals surface area (Å²) in [5, 5.41) is 3.14. The number of nitrogens with zero attached hydrogens (tertiary/aromatic N) is 3. The van der Waals surface area contributed by atoms with Crippen molar-refractivity contribution in [2.24, 2.45) is 11.8 Å². The van der Waals surface area contributed by atoms with E-state index in [1.807, 2.05) is 0 Å². The van der Waals surface area contributed by atoms with Crippen LogP contribution < -0.4 is 5.32 Å². The Hall–Kier alpha value is -0.810. The molecule has 0 saturated carbocycles.